The Bertz CT molecular complexity index is 269. The Hall–Kier alpha value is -0.990. The van der Waals surface area contributed by atoms with Crippen LogP contribution in [-0.2, 0) is 4.79 Å². The molecule has 0 rings (SSSR count). The molecule has 0 heterocycles. The topological polar surface area (TPSA) is 49.3 Å². The molecule has 0 aliphatic rings. The highest BCUT2D eigenvalue weighted by Crippen LogP contribution is 2.30. The molecule has 0 radical (unpaired) electrons. The van der Waals surface area contributed by atoms with Crippen LogP contribution >= 0.6 is 0 Å². The van der Waals surface area contributed by atoms with Crippen molar-refractivity contribution in [2.75, 3.05) is 0 Å². The van der Waals surface area contributed by atoms with Crippen molar-refractivity contribution in [3.05, 3.63) is 12.3 Å². The van der Waals surface area contributed by atoms with Crippen LogP contribution in [0.3, 0.4) is 0 Å². The number of carbonyl (C=O) groups is 1. The van der Waals surface area contributed by atoms with Gasteiger partial charge in [-0.25, -0.2) is 0 Å². The van der Waals surface area contributed by atoms with Gasteiger partial charge in [-0.15, -0.1) is 0 Å². The number of hydrogen-bond donors (Lipinski definition) is 2. The summed E-state index contributed by atoms with van der Waals surface area (Å²) in [6.07, 6.45) is 0.468. The Balaban J connectivity index is 4.56. The maximum absolute atomic E-state index is 11.2. The fourth-order valence-electron chi connectivity index (χ4n) is 1.59. The normalized spacial score (nSPS) is 14.4. The summed E-state index contributed by atoms with van der Waals surface area (Å²) < 4.78 is 0. The molecule has 1 atom stereocenters. The summed E-state index contributed by atoms with van der Waals surface area (Å²) in [7, 11) is 0. The van der Waals surface area contributed by atoms with Gasteiger partial charge in [-0.2, -0.15) is 0 Å². The highest BCUT2D eigenvalue weighted by Gasteiger charge is 2.31. The second kappa shape index (κ2) is 4.89. The molecule has 0 saturated carbocycles. The molecule has 1 unspecified atom stereocenters. The average Bonchev–Trinajstić information content (AvgIpc) is 1.93. The van der Waals surface area contributed by atoms with E-state index < -0.39 is 11.9 Å². The summed E-state index contributed by atoms with van der Waals surface area (Å²) >= 11 is 0. The monoisotopic (exact) mass is 227 g/mol. The third-order valence-electron chi connectivity index (χ3n) is 2.35. The lowest BCUT2D eigenvalue weighted by atomic mass is 9.78. The fraction of sp³-hybridized carbons (Fsp3) is 0.769. The van der Waals surface area contributed by atoms with Crippen molar-refractivity contribution in [2.45, 2.75) is 53.5 Å². The highest BCUT2D eigenvalue weighted by molar-refractivity contribution is 5.71. The largest absolute Gasteiger partial charge is 0.481 e. The molecule has 16 heavy (non-hydrogen) atoms. The molecule has 0 bridgehead atoms. The van der Waals surface area contributed by atoms with Gasteiger partial charge in [0, 0.05) is 17.7 Å². The Labute approximate surface area is 98.9 Å². The van der Waals surface area contributed by atoms with Gasteiger partial charge in [0.15, 0.2) is 0 Å². The second-order valence-corrected chi connectivity index (χ2v) is 6.44. The molecule has 0 saturated heterocycles. The van der Waals surface area contributed by atoms with Gasteiger partial charge >= 0.3 is 5.97 Å². The van der Waals surface area contributed by atoms with Gasteiger partial charge in [0.05, 0.1) is 5.92 Å². The van der Waals surface area contributed by atoms with Gasteiger partial charge in [0.25, 0.3) is 0 Å². The van der Waals surface area contributed by atoms with Crippen LogP contribution in [-0.4, -0.2) is 16.6 Å². The summed E-state index contributed by atoms with van der Waals surface area (Å²) in [4.78, 5) is 11.2. The highest BCUT2D eigenvalue weighted by atomic mass is 16.4. The van der Waals surface area contributed by atoms with E-state index in [-0.39, 0.29) is 11.0 Å². The van der Waals surface area contributed by atoms with Crippen LogP contribution in [0.4, 0.5) is 0 Å². The standard InChI is InChI=1S/C13H25NO2/c1-9(14-13(5,6)7)8-10(11(15)16)12(2,3)4/h10,14H,1,8H2,2-7H3,(H,15,16). The molecular weight excluding hydrogens is 202 g/mol. The first-order valence-electron chi connectivity index (χ1n) is 5.62. The number of nitrogens with one attached hydrogen (secondary N) is 1. The second-order valence-electron chi connectivity index (χ2n) is 6.44. The van der Waals surface area contributed by atoms with Gasteiger partial charge in [-0.05, 0) is 26.2 Å². The van der Waals surface area contributed by atoms with Crippen molar-refractivity contribution in [1.29, 1.82) is 0 Å². The van der Waals surface area contributed by atoms with Crippen LogP contribution in [0, 0.1) is 11.3 Å². The fourth-order valence-corrected chi connectivity index (χ4v) is 1.59. The smallest absolute Gasteiger partial charge is 0.307 e. The van der Waals surface area contributed by atoms with Crippen molar-refractivity contribution in [3.63, 3.8) is 0 Å². The lowest BCUT2D eigenvalue weighted by Gasteiger charge is -2.30. The Morgan fingerprint density at radius 3 is 1.94 bits per heavy atom. The average molecular weight is 227 g/mol. The third-order valence-corrected chi connectivity index (χ3v) is 2.35. The Morgan fingerprint density at radius 2 is 1.69 bits per heavy atom. The first-order valence-corrected chi connectivity index (χ1v) is 5.62. The van der Waals surface area contributed by atoms with Crippen LogP contribution in [0.15, 0.2) is 12.3 Å². The molecule has 0 aromatic carbocycles. The molecule has 2 N–H and O–H groups in total. The van der Waals surface area contributed by atoms with Crippen molar-refractivity contribution >= 4 is 5.97 Å². The van der Waals surface area contributed by atoms with Crippen LogP contribution in [0.5, 0.6) is 0 Å². The van der Waals surface area contributed by atoms with E-state index in [1.54, 1.807) is 0 Å². The van der Waals surface area contributed by atoms with E-state index in [0.717, 1.165) is 5.70 Å². The van der Waals surface area contributed by atoms with Crippen LogP contribution in [0.2, 0.25) is 0 Å². The van der Waals surface area contributed by atoms with Crippen LogP contribution < -0.4 is 5.32 Å². The van der Waals surface area contributed by atoms with E-state index in [1.807, 2.05) is 41.5 Å². The zero-order chi connectivity index (χ0) is 13.1. The van der Waals surface area contributed by atoms with Gasteiger partial charge in [-0.3, -0.25) is 4.79 Å². The minimum absolute atomic E-state index is 0.0714. The van der Waals surface area contributed by atoms with Gasteiger partial charge in [0.1, 0.15) is 0 Å². The number of aliphatic carboxylic acids is 1. The van der Waals surface area contributed by atoms with Gasteiger partial charge in [-0.1, -0.05) is 27.4 Å². The maximum atomic E-state index is 11.2. The van der Waals surface area contributed by atoms with Crippen molar-refractivity contribution < 1.29 is 9.90 Å². The van der Waals surface area contributed by atoms with Crippen molar-refractivity contribution in [3.8, 4) is 0 Å². The minimum atomic E-state index is -0.760. The predicted molar refractivity (Wildman–Crippen MR) is 67.2 cm³/mol. The third kappa shape index (κ3) is 5.79. The number of carboxylic acid groups (broad SMARTS) is 1. The summed E-state index contributed by atoms with van der Waals surface area (Å²) in [5.41, 5.74) is 0.460. The number of carboxylic acids is 1. The van der Waals surface area contributed by atoms with E-state index in [4.69, 9.17) is 0 Å². The maximum Gasteiger partial charge on any atom is 0.307 e. The van der Waals surface area contributed by atoms with E-state index in [0.29, 0.717) is 6.42 Å². The molecule has 0 spiro atoms. The first kappa shape index (κ1) is 15.0. The summed E-state index contributed by atoms with van der Waals surface area (Å²) in [5, 5.41) is 12.4. The minimum Gasteiger partial charge on any atom is -0.481 e. The number of allylic oxidation sites excluding steroid dienone is 1. The molecule has 0 aromatic rings. The van der Waals surface area contributed by atoms with E-state index >= 15 is 0 Å². The number of hydrogen-bond acceptors (Lipinski definition) is 2. The first-order chi connectivity index (χ1) is 6.93. The molecule has 0 aromatic heterocycles. The SMILES string of the molecule is C=C(CC(C(=O)O)C(C)(C)C)NC(C)(C)C. The molecular formula is C13H25NO2. The predicted octanol–water partition coefficient (Wildman–Crippen LogP) is 3.03. The number of rotatable bonds is 4. The Morgan fingerprint density at radius 1 is 1.25 bits per heavy atom. The molecule has 94 valence electrons. The van der Waals surface area contributed by atoms with E-state index in [9.17, 15) is 9.90 Å². The van der Waals surface area contributed by atoms with Gasteiger partial charge in [0.2, 0.25) is 0 Å². The zero-order valence-electron chi connectivity index (χ0n) is 11.3. The molecule has 0 amide bonds. The molecule has 0 fully saturated rings. The molecule has 0 aliphatic carbocycles. The van der Waals surface area contributed by atoms with Crippen molar-refractivity contribution in [1.82, 2.24) is 5.32 Å². The Kier molecular flexibility index (Phi) is 4.59. The lowest BCUT2D eigenvalue weighted by Crippen LogP contribution is -2.37. The molecule has 3 heteroatoms. The summed E-state index contributed by atoms with van der Waals surface area (Å²) in [6, 6.07) is 0. The lowest BCUT2D eigenvalue weighted by molar-refractivity contribution is -0.145. The summed E-state index contributed by atoms with van der Waals surface area (Å²) in [6.45, 7) is 15.8. The molecule has 0 aliphatic heterocycles. The van der Waals surface area contributed by atoms with Crippen LogP contribution in [0.25, 0.3) is 0 Å². The van der Waals surface area contributed by atoms with Crippen molar-refractivity contribution in [2.24, 2.45) is 11.3 Å². The zero-order valence-corrected chi connectivity index (χ0v) is 11.3. The van der Waals surface area contributed by atoms with Gasteiger partial charge < -0.3 is 10.4 Å². The molecule has 3 nitrogen and oxygen atoms in total. The van der Waals surface area contributed by atoms with Crippen LogP contribution in [0.1, 0.15) is 48.0 Å². The van der Waals surface area contributed by atoms with E-state index in [2.05, 4.69) is 11.9 Å². The quantitative estimate of drug-likeness (QED) is 0.776. The summed E-state index contributed by atoms with van der Waals surface area (Å²) in [5.74, 6) is -1.17. The van der Waals surface area contributed by atoms with E-state index in [1.165, 1.54) is 0 Å².